The van der Waals surface area contributed by atoms with Gasteiger partial charge in [-0.1, -0.05) is 18.2 Å². The lowest BCUT2D eigenvalue weighted by atomic mass is 10.0. The maximum Gasteiger partial charge on any atom is 0.261 e. The van der Waals surface area contributed by atoms with Gasteiger partial charge in [0.25, 0.3) is 11.8 Å². The fraction of sp³-hybridized carbons (Fsp3) is 0.235. The first-order valence-electron chi connectivity index (χ1n) is 14.7. The molecule has 45 heavy (non-hydrogen) atoms. The number of pyridine rings is 1. The van der Waals surface area contributed by atoms with Gasteiger partial charge >= 0.3 is 0 Å². The minimum Gasteiger partial charge on any atom is -0.366 e. The molecule has 4 heterocycles. The lowest BCUT2D eigenvalue weighted by Gasteiger charge is -2.32. The van der Waals surface area contributed by atoms with E-state index < -0.39 is 17.2 Å². The van der Waals surface area contributed by atoms with Crippen molar-refractivity contribution in [3.05, 3.63) is 105 Å². The summed E-state index contributed by atoms with van der Waals surface area (Å²) in [6, 6.07) is 10.5. The Labute approximate surface area is 259 Å². The predicted molar refractivity (Wildman–Crippen MR) is 171 cm³/mol. The van der Waals surface area contributed by atoms with Crippen molar-refractivity contribution >= 4 is 40.7 Å². The first-order valence-corrected chi connectivity index (χ1v) is 14.7. The summed E-state index contributed by atoms with van der Waals surface area (Å²) in [7, 11) is 2.05. The number of aryl methyl sites for hydroxylation is 1. The van der Waals surface area contributed by atoms with Gasteiger partial charge in [0.15, 0.2) is 0 Å². The summed E-state index contributed by atoms with van der Waals surface area (Å²) < 4.78 is 13.4. The number of fused-ring (bicyclic) bond motifs is 1. The number of hydrogen-bond donors (Lipinski definition) is 4. The van der Waals surface area contributed by atoms with Crippen LogP contribution in [0.4, 0.5) is 15.8 Å². The number of carbonyl (C=O) groups is 3. The normalized spacial score (nSPS) is 15.7. The van der Waals surface area contributed by atoms with E-state index >= 15 is 0 Å². The first kappa shape index (κ1) is 29.8. The molecule has 6 rings (SSSR count). The van der Waals surface area contributed by atoms with Crippen molar-refractivity contribution in [1.82, 2.24) is 19.8 Å². The standard InChI is InChI=1S/C34H33FN6O4/c1-19-25(16-31(42)41-12-10-40(3)11-13-41)20(2)37-29(19)15-26-24-9-8-23(14-30(24)39-33(26)44)38-34(45)28-18-36-17-27(32(28)43)21-4-6-22(35)7-5-21/h4-9,14-15,17-18,37H,10-13,16H2,1-3H3,(H,36,43)(H,38,45)(H,39,44). The highest BCUT2D eigenvalue weighted by atomic mass is 19.1. The second kappa shape index (κ2) is 12.0. The number of piperazine rings is 1. The number of nitrogens with one attached hydrogen (secondary N) is 4. The highest BCUT2D eigenvalue weighted by Gasteiger charge is 2.27. The van der Waals surface area contributed by atoms with Crippen molar-refractivity contribution in [3.63, 3.8) is 0 Å². The van der Waals surface area contributed by atoms with Crippen LogP contribution in [0.2, 0.25) is 0 Å². The summed E-state index contributed by atoms with van der Waals surface area (Å²) >= 11 is 0. The third-order valence-corrected chi connectivity index (χ3v) is 8.51. The van der Waals surface area contributed by atoms with Gasteiger partial charge in [-0.25, -0.2) is 4.39 Å². The zero-order valence-electron chi connectivity index (χ0n) is 25.2. The van der Waals surface area contributed by atoms with Crippen molar-refractivity contribution in [2.45, 2.75) is 20.3 Å². The molecule has 0 atom stereocenters. The molecule has 2 aromatic carbocycles. The van der Waals surface area contributed by atoms with E-state index in [0.29, 0.717) is 47.6 Å². The quantitative estimate of drug-likeness (QED) is 0.244. The molecule has 2 aliphatic rings. The highest BCUT2D eigenvalue weighted by molar-refractivity contribution is 6.35. The van der Waals surface area contributed by atoms with Gasteiger partial charge in [0, 0.05) is 66.8 Å². The fourth-order valence-corrected chi connectivity index (χ4v) is 5.80. The van der Waals surface area contributed by atoms with Crippen molar-refractivity contribution in [2.24, 2.45) is 0 Å². The Bertz CT molecular complexity index is 1920. The smallest absolute Gasteiger partial charge is 0.261 e. The van der Waals surface area contributed by atoms with Gasteiger partial charge < -0.3 is 30.4 Å². The minimum absolute atomic E-state index is 0.0928. The summed E-state index contributed by atoms with van der Waals surface area (Å²) in [5.41, 5.74) is 5.62. The third-order valence-electron chi connectivity index (χ3n) is 8.51. The SMILES string of the molecule is Cc1[nH]c(C=C2C(=O)Nc3cc(NC(=O)c4c[nH]cc(-c5ccc(F)cc5)c4=O)ccc32)c(C)c1CC(=O)N1CCN(C)CC1. The van der Waals surface area contributed by atoms with Crippen LogP contribution in [0.5, 0.6) is 0 Å². The zero-order chi connectivity index (χ0) is 31.8. The van der Waals surface area contributed by atoms with Gasteiger partial charge in [-0.05, 0) is 67.9 Å². The number of H-pyrrole nitrogens is 2. The van der Waals surface area contributed by atoms with Crippen LogP contribution in [0.1, 0.15) is 38.4 Å². The number of halogens is 1. The van der Waals surface area contributed by atoms with E-state index in [1.54, 1.807) is 24.3 Å². The van der Waals surface area contributed by atoms with Gasteiger partial charge in [-0.15, -0.1) is 0 Å². The van der Waals surface area contributed by atoms with E-state index in [1.807, 2.05) is 18.7 Å². The van der Waals surface area contributed by atoms with E-state index in [9.17, 15) is 23.6 Å². The van der Waals surface area contributed by atoms with E-state index in [-0.39, 0.29) is 22.9 Å². The second-order valence-corrected chi connectivity index (χ2v) is 11.5. The number of aromatic nitrogens is 2. The van der Waals surface area contributed by atoms with Crippen molar-refractivity contribution < 1.29 is 18.8 Å². The van der Waals surface area contributed by atoms with Crippen LogP contribution >= 0.6 is 0 Å². The second-order valence-electron chi connectivity index (χ2n) is 11.5. The topological polar surface area (TPSA) is 130 Å². The lowest BCUT2D eigenvalue weighted by Crippen LogP contribution is -2.47. The Kier molecular flexibility index (Phi) is 7.94. The molecule has 0 radical (unpaired) electrons. The van der Waals surface area contributed by atoms with Gasteiger partial charge in [-0.2, -0.15) is 0 Å². The molecule has 0 saturated carbocycles. The molecular formula is C34H33FN6O4. The molecule has 4 N–H and O–H groups in total. The Morgan fingerprint density at radius 1 is 0.978 bits per heavy atom. The summed E-state index contributed by atoms with van der Waals surface area (Å²) in [5, 5.41) is 5.58. The van der Waals surface area contributed by atoms with E-state index in [0.717, 1.165) is 35.6 Å². The molecule has 0 aliphatic carbocycles. The molecule has 3 amide bonds. The summed E-state index contributed by atoms with van der Waals surface area (Å²) in [6.07, 6.45) is 4.86. The van der Waals surface area contributed by atoms with Gasteiger partial charge in [0.1, 0.15) is 11.4 Å². The number of nitrogens with zero attached hydrogens (tertiary/aromatic N) is 2. The van der Waals surface area contributed by atoms with Crippen LogP contribution in [0.15, 0.2) is 59.7 Å². The average molecular weight is 609 g/mol. The highest BCUT2D eigenvalue weighted by Crippen LogP contribution is 2.36. The van der Waals surface area contributed by atoms with Crippen LogP contribution in [-0.2, 0) is 16.0 Å². The molecule has 0 bridgehead atoms. The Morgan fingerprint density at radius 3 is 2.44 bits per heavy atom. The van der Waals surface area contributed by atoms with E-state index in [4.69, 9.17) is 0 Å². The molecule has 2 aromatic heterocycles. The number of carbonyl (C=O) groups excluding carboxylic acids is 3. The molecule has 10 nitrogen and oxygen atoms in total. The number of aromatic amines is 2. The average Bonchev–Trinajstić information content (AvgIpc) is 3.47. The molecule has 11 heteroatoms. The summed E-state index contributed by atoms with van der Waals surface area (Å²) in [5.74, 6) is -1.26. The molecule has 2 aliphatic heterocycles. The number of likely N-dealkylation sites (N-methyl/N-ethyl adjacent to an activating group) is 1. The van der Waals surface area contributed by atoms with Crippen LogP contribution in [0.3, 0.4) is 0 Å². The van der Waals surface area contributed by atoms with Gasteiger partial charge in [0.2, 0.25) is 11.3 Å². The zero-order valence-corrected chi connectivity index (χ0v) is 25.2. The van der Waals surface area contributed by atoms with Gasteiger partial charge in [0.05, 0.1) is 17.7 Å². The van der Waals surface area contributed by atoms with Crippen LogP contribution in [0.25, 0.3) is 22.8 Å². The first-order chi connectivity index (χ1) is 21.6. The number of benzene rings is 2. The molecular weight excluding hydrogens is 575 g/mol. The largest absolute Gasteiger partial charge is 0.366 e. The maximum absolute atomic E-state index is 13.4. The number of hydrogen-bond acceptors (Lipinski definition) is 5. The molecule has 1 fully saturated rings. The lowest BCUT2D eigenvalue weighted by molar-refractivity contribution is -0.132. The van der Waals surface area contributed by atoms with Crippen LogP contribution in [-0.4, -0.2) is 70.7 Å². The molecule has 1 saturated heterocycles. The van der Waals surface area contributed by atoms with Crippen molar-refractivity contribution in [2.75, 3.05) is 43.9 Å². The molecule has 0 unspecified atom stereocenters. The minimum atomic E-state index is -0.628. The fourth-order valence-electron chi connectivity index (χ4n) is 5.80. The monoisotopic (exact) mass is 608 g/mol. The summed E-state index contributed by atoms with van der Waals surface area (Å²) in [4.78, 5) is 62.5. The number of amides is 3. The van der Waals surface area contributed by atoms with Crippen LogP contribution in [0, 0.1) is 19.7 Å². The Balaban J connectivity index is 1.20. The van der Waals surface area contributed by atoms with E-state index in [1.165, 1.54) is 36.7 Å². The Morgan fingerprint density at radius 2 is 1.71 bits per heavy atom. The predicted octanol–water partition coefficient (Wildman–Crippen LogP) is 4.19. The van der Waals surface area contributed by atoms with Crippen molar-refractivity contribution in [1.29, 1.82) is 0 Å². The third kappa shape index (κ3) is 5.94. The van der Waals surface area contributed by atoms with Gasteiger partial charge in [-0.3, -0.25) is 19.2 Å². The molecule has 0 spiro atoms. The summed E-state index contributed by atoms with van der Waals surface area (Å²) in [6.45, 7) is 7.02. The Hall–Kier alpha value is -5.29. The van der Waals surface area contributed by atoms with Crippen molar-refractivity contribution in [3.8, 4) is 11.1 Å². The number of rotatable bonds is 6. The molecule has 230 valence electrons. The van der Waals surface area contributed by atoms with Crippen LogP contribution < -0.4 is 16.1 Å². The molecule has 4 aromatic rings. The number of anilines is 2. The maximum atomic E-state index is 13.4. The van der Waals surface area contributed by atoms with E-state index in [2.05, 4.69) is 32.5 Å².